The first-order chi connectivity index (χ1) is 6.88. The molecule has 1 rings (SSSR count). The number of nitrogens with one attached hydrogen (secondary N) is 1. The highest BCUT2D eigenvalue weighted by molar-refractivity contribution is 7.97. The minimum absolute atomic E-state index is 0.0790. The lowest BCUT2D eigenvalue weighted by Crippen LogP contribution is -2.48. The summed E-state index contributed by atoms with van der Waals surface area (Å²) in [5, 5.41) is 3.21. The second-order valence-corrected chi connectivity index (χ2v) is 4.02. The van der Waals surface area contributed by atoms with Gasteiger partial charge in [-0.15, -0.1) is 12.8 Å². The Bertz CT molecular complexity index is 173. The van der Waals surface area contributed by atoms with Crippen molar-refractivity contribution in [2.75, 3.05) is 25.4 Å². The van der Waals surface area contributed by atoms with Crippen molar-refractivity contribution in [2.24, 2.45) is 0 Å². The lowest BCUT2D eigenvalue weighted by atomic mass is 10.3. The van der Waals surface area contributed by atoms with Gasteiger partial charge in [-0.05, 0) is 6.42 Å². The number of carbonyl (C=O) groups is 1. The number of aldehydes is 1. The summed E-state index contributed by atoms with van der Waals surface area (Å²) >= 11 is 1.79. The van der Waals surface area contributed by atoms with Crippen molar-refractivity contribution in [1.29, 1.82) is 0 Å². The molecule has 1 saturated heterocycles. The Hall–Kier alpha value is -0.500. The van der Waals surface area contributed by atoms with Gasteiger partial charge in [0.2, 0.25) is 0 Å². The van der Waals surface area contributed by atoms with E-state index in [1.54, 1.807) is 11.9 Å². The van der Waals surface area contributed by atoms with Gasteiger partial charge in [-0.25, -0.2) is 4.31 Å². The highest BCUT2D eigenvalue weighted by Gasteiger charge is 2.20. The number of hydrogen-bond acceptors (Lipinski definition) is 4. The normalized spacial score (nSPS) is 22.1. The fourth-order valence-electron chi connectivity index (χ4n) is 1.19. The van der Waals surface area contributed by atoms with Crippen LogP contribution in [0.1, 0.15) is 13.3 Å². The van der Waals surface area contributed by atoms with Gasteiger partial charge in [0.1, 0.15) is 6.29 Å². The molecule has 1 aliphatic heterocycles. The maximum atomic E-state index is 10.6. The molecule has 0 radical (unpaired) electrons. The van der Waals surface area contributed by atoms with Crippen LogP contribution in [0.2, 0.25) is 0 Å². The molecule has 0 bridgehead atoms. The Morgan fingerprint density at radius 2 is 2.36 bits per heavy atom. The van der Waals surface area contributed by atoms with Crippen LogP contribution in [0.15, 0.2) is 0 Å². The van der Waals surface area contributed by atoms with Crippen LogP contribution in [0.5, 0.6) is 0 Å². The van der Waals surface area contributed by atoms with Crippen LogP contribution >= 0.6 is 11.9 Å². The van der Waals surface area contributed by atoms with Crippen LogP contribution in [-0.4, -0.2) is 42.0 Å². The number of piperazine rings is 1. The molecule has 1 fully saturated rings. The molecule has 4 heteroatoms. The van der Waals surface area contributed by atoms with Crippen molar-refractivity contribution in [3.05, 3.63) is 0 Å². The smallest absolute Gasteiger partial charge is 0.139 e. The minimum atomic E-state index is 0.0790. The number of rotatable bonds is 4. The number of hydrogen-bond donors (Lipinski definition) is 1. The zero-order valence-corrected chi connectivity index (χ0v) is 9.43. The van der Waals surface area contributed by atoms with E-state index < -0.39 is 0 Å². The van der Waals surface area contributed by atoms with Crippen LogP contribution in [0, 0.1) is 12.8 Å². The zero-order valence-electron chi connectivity index (χ0n) is 8.61. The molecule has 0 aromatic carbocycles. The molecule has 0 amide bonds. The summed E-state index contributed by atoms with van der Waals surface area (Å²) in [6.45, 7) is 4.94. The van der Waals surface area contributed by atoms with Crippen molar-refractivity contribution in [1.82, 2.24) is 9.62 Å². The van der Waals surface area contributed by atoms with Gasteiger partial charge in [0.15, 0.2) is 0 Å². The molecule has 0 saturated carbocycles. The Balaban J connectivity index is 0.000000791. The van der Waals surface area contributed by atoms with Gasteiger partial charge in [0.25, 0.3) is 0 Å². The largest absolute Gasteiger partial charge is 0.313 e. The third-order valence-corrected chi connectivity index (χ3v) is 3.23. The van der Waals surface area contributed by atoms with Gasteiger partial charge in [0.05, 0.1) is 6.04 Å². The molecule has 1 aliphatic rings. The van der Waals surface area contributed by atoms with E-state index in [4.69, 9.17) is 0 Å². The van der Waals surface area contributed by atoms with Crippen molar-refractivity contribution in [3.8, 4) is 12.8 Å². The molecule has 14 heavy (non-hydrogen) atoms. The summed E-state index contributed by atoms with van der Waals surface area (Å²) in [7, 11) is 0. The van der Waals surface area contributed by atoms with Gasteiger partial charge in [-0.2, -0.15) is 0 Å². The first-order valence-corrected chi connectivity index (χ1v) is 5.71. The molecule has 1 heterocycles. The third-order valence-electron chi connectivity index (χ3n) is 1.85. The van der Waals surface area contributed by atoms with Crippen LogP contribution in [0.4, 0.5) is 0 Å². The fourth-order valence-corrected chi connectivity index (χ4v) is 2.14. The van der Waals surface area contributed by atoms with Gasteiger partial charge >= 0.3 is 0 Å². The fraction of sp³-hybridized carbons (Fsp3) is 0.700. The van der Waals surface area contributed by atoms with Crippen molar-refractivity contribution in [3.63, 3.8) is 0 Å². The van der Waals surface area contributed by atoms with Crippen molar-refractivity contribution < 1.29 is 4.79 Å². The second kappa shape index (κ2) is 9.07. The molecule has 1 atom stereocenters. The summed E-state index contributed by atoms with van der Waals surface area (Å²) in [6, 6.07) is 0.0790. The van der Waals surface area contributed by atoms with Gasteiger partial charge < -0.3 is 10.1 Å². The van der Waals surface area contributed by atoms with E-state index in [2.05, 4.69) is 29.4 Å². The van der Waals surface area contributed by atoms with Crippen LogP contribution < -0.4 is 5.32 Å². The molecule has 0 aliphatic carbocycles. The molecule has 0 unspecified atom stereocenters. The number of terminal acetylenes is 1. The average molecular weight is 214 g/mol. The van der Waals surface area contributed by atoms with Crippen molar-refractivity contribution >= 4 is 18.2 Å². The Labute approximate surface area is 90.8 Å². The molecule has 0 aromatic heterocycles. The highest BCUT2D eigenvalue weighted by atomic mass is 32.2. The molecule has 3 nitrogen and oxygen atoms in total. The Morgan fingerprint density at radius 1 is 1.64 bits per heavy atom. The maximum Gasteiger partial charge on any atom is 0.139 e. The van der Waals surface area contributed by atoms with E-state index in [0.717, 1.165) is 31.7 Å². The average Bonchev–Trinajstić information content (AvgIpc) is 2.29. The Morgan fingerprint density at radius 3 is 2.93 bits per heavy atom. The SMILES string of the molecule is C#C.CCCSN1CCNC[C@@H]1C=O. The summed E-state index contributed by atoms with van der Waals surface area (Å²) in [5.41, 5.74) is 0. The van der Waals surface area contributed by atoms with E-state index in [-0.39, 0.29) is 6.04 Å². The van der Waals surface area contributed by atoms with Gasteiger partial charge in [-0.3, -0.25) is 0 Å². The van der Waals surface area contributed by atoms with Crippen LogP contribution in [0.25, 0.3) is 0 Å². The Kier molecular flexibility index (Phi) is 8.75. The highest BCUT2D eigenvalue weighted by Crippen LogP contribution is 2.15. The zero-order chi connectivity index (χ0) is 10.8. The van der Waals surface area contributed by atoms with Crippen LogP contribution in [0.3, 0.4) is 0 Å². The quantitative estimate of drug-likeness (QED) is 0.425. The first-order valence-electron chi connectivity index (χ1n) is 4.77. The van der Waals surface area contributed by atoms with E-state index in [1.807, 2.05) is 0 Å². The van der Waals surface area contributed by atoms with Crippen LogP contribution in [-0.2, 0) is 4.79 Å². The molecule has 0 spiro atoms. The molecular weight excluding hydrogens is 196 g/mol. The van der Waals surface area contributed by atoms with E-state index in [0.29, 0.717) is 0 Å². The predicted octanol–water partition coefficient (Wildman–Crippen LogP) is 0.767. The lowest BCUT2D eigenvalue weighted by molar-refractivity contribution is -0.111. The molecule has 80 valence electrons. The van der Waals surface area contributed by atoms with E-state index in [9.17, 15) is 4.79 Å². The summed E-state index contributed by atoms with van der Waals surface area (Å²) in [5.74, 6) is 1.12. The maximum absolute atomic E-state index is 10.6. The van der Waals surface area contributed by atoms with Crippen molar-refractivity contribution in [2.45, 2.75) is 19.4 Å². The summed E-state index contributed by atoms with van der Waals surface area (Å²) in [6.07, 6.45) is 10.2. The molecular formula is C10H18N2OS. The lowest BCUT2D eigenvalue weighted by Gasteiger charge is -2.31. The van der Waals surface area contributed by atoms with E-state index >= 15 is 0 Å². The van der Waals surface area contributed by atoms with Gasteiger partial charge in [-0.1, -0.05) is 18.9 Å². The standard InChI is InChI=1S/C8H16N2OS.C2H2/c1-2-5-12-10-4-3-9-6-8(10)7-11;1-2/h7-9H,2-6H2,1H3;1-2H/t8-;/m1./s1. The monoisotopic (exact) mass is 214 g/mol. The topological polar surface area (TPSA) is 32.3 Å². The molecule has 0 aromatic rings. The first kappa shape index (κ1) is 13.5. The predicted molar refractivity (Wildman–Crippen MR) is 62.1 cm³/mol. The minimum Gasteiger partial charge on any atom is -0.313 e. The summed E-state index contributed by atoms with van der Waals surface area (Å²) < 4.78 is 2.19. The third kappa shape index (κ3) is 4.66. The molecule has 1 N–H and O–H groups in total. The van der Waals surface area contributed by atoms with Gasteiger partial charge in [0, 0.05) is 25.4 Å². The number of carbonyl (C=O) groups excluding carboxylic acids is 1. The van der Waals surface area contributed by atoms with E-state index in [1.165, 1.54) is 6.42 Å². The second-order valence-electron chi connectivity index (χ2n) is 2.88. The number of nitrogens with zero attached hydrogens (tertiary/aromatic N) is 1. The summed E-state index contributed by atoms with van der Waals surface area (Å²) in [4.78, 5) is 10.6.